The molecule has 0 aromatic heterocycles. The van der Waals surface area contributed by atoms with Gasteiger partial charge in [0.05, 0.1) is 5.56 Å². The van der Waals surface area contributed by atoms with Crippen LogP contribution < -0.4 is 0 Å². The van der Waals surface area contributed by atoms with Crippen LogP contribution in [0.5, 0.6) is 0 Å². The number of unbranched alkanes of at least 4 members (excludes halogenated alkanes) is 12. The number of hydrogen-bond donors (Lipinski definition) is 0. The number of aryl methyl sites for hydroxylation is 1. The molecular formula is C41H68N2O5S. The summed E-state index contributed by atoms with van der Waals surface area (Å²) in [5.41, 5.74) is 1.64. The second kappa shape index (κ2) is 31.4. The lowest BCUT2D eigenvalue weighted by atomic mass is 10.1. The fraction of sp³-hybridized carbons (Fsp3) is 0.683. The van der Waals surface area contributed by atoms with Crippen molar-refractivity contribution in [2.75, 3.05) is 52.7 Å². The van der Waals surface area contributed by atoms with Gasteiger partial charge in [-0.1, -0.05) is 120 Å². The van der Waals surface area contributed by atoms with Gasteiger partial charge < -0.3 is 19.3 Å². The average Bonchev–Trinajstić information content (AvgIpc) is 3.09. The number of nitrogens with zero attached hydrogens (tertiary/aromatic N) is 2. The maximum Gasteiger partial charge on any atom is 0.338 e. The molecule has 0 N–H and O–H groups in total. The first-order valence-electron chi connectivity index (χ1n) is 19.1. The normalized spacial score (nSPS) is 11.5. The summed E-state index contributed by atoms with van der Waals surface area (Å²) < 4.78 is 10.8. The predicted octanol–water partition coefficient (Wildman–Crippen LogP) is 10.4. The van der Waals surface area contributed by atoms with Gasteiger partial charge in [-0.3, -0.25) is 9.59 Å². The highest BCUT2D eigenvalue weighted by Crippen LogP contribution is 2.15. The Bertz CT molecular complexity index is 1060. The van der Waals surface area contributed by atoms with Gasteiger partial charge in [0.25, 0.3) is 5.24 Å². The van der Waals surface area contributed by atoms with E-state index in [0.29, 0.717) is 31.7 Å². The number of ether oxygens (including phenoxy) is 2. The van der Waals surface area contributed by atoms with E-state index in [1.54, 1.807) is 6.07 Å². The van der Waals surface area contributed by atoms with Gasteiger partial charge in [0.1, 0.15) is 13.2 Å². The van der Waals surface area contributed by atoms with Gasteiger partial charge in [0.15, 0.2) is 0 Å². The van der Waals surface area contributed by atoms with Crippen LogP contribution in [0.4, 0.5) is 4.79 Å². The number of hydrogen-bond acceptors (Lipinski definition) is 7. The highest BCUT2D eigenvalue weighted by Gasteiger charge is 2.14. The van der Waals surface area contributed by atoms with Crippen molar-refractivity contribution in [3.63, 3.8) is 0 Å². The summed E-state index contributed by atoms with van der Waals surface area (Å²) in [6.07, 6.45) is 27.0. The molecule has 0 radical (unpaired) electrons. The van der Waals surface area contributed by atoms with Crippen LogP contribution in [0.3, 0.4) is 0 Å². The summed E-state index contributed by atoms with van der Waals surface area (Å²) >= 11 is 1.39. The molecule has 8 heteroatoms. The second-order valence-electron chi connectivity index (χ2n) is 13.1. The van der Waals surface area contributed by atoms with Crippen molar-refractivity contribution in [3.8, 4) is 0 Å². The van der Waals surface area contributed by atoms with Gasteiger partial charge in [0.2, 0.25) is 0 Å². The van der Waals surface area contributed by atoms with E-state index < -0.39 is 0 Å². The summed E-state index contributed by atoms with van der Waals surface area (Å²) in [6.45, 7) is 7.37. The zero-order valence-electron chi connectivity index (χ0n) is 31.4. The Kier molecular flexibility index (Phi) is 28.5. The van der Waals surface area contributed by atoms with Crippen molar-refractivity contribution in [2.24, 2.45) is 0 Å². The summed E-state index contributed by atoms with van der Waals surface area (Å²) in [6, 6.07) is 7.65. The van der Waals surface area contributed by atoms with E-state index in [-0.39, 0.29) is 17.2 Å². The van der Waals surface area contributed by atoms with Crippen molar-refractivity contribution in [1.82, 2.24) is 9.80 Å². The molecule has 1 rings (SSSR count). The van der Waals surface area contributed by atoms with E-state index in [2.05, 4.69) is 30.9 Å². The maximum atomic E-state index is 13.1. The molecule has 1 amide bonds. The summed E-state index contributed by atoms with van der Waals surface area (Å²) in [5.74, 6) is 0.347. The third-order valence-electron chi connectivity index (χ3n) is 8.32. The maximum absolute atomic E-state index is 13.1. The van der Waals surface area contributed by atoms with Crippen LogP contribution >= 0.6 is 11.8 Å². The molecular weight excluding hydrogens is 633 g/mol. The SMILES string of the molecule is CCCCCC/C=C\COC(=O)CCCCCCCN(CCCc1cccc(C(=O)OC/C=C\CCCCCC)c1)C(=O)SCCN(C)C. The molecule has 278 valence electrons. The largest absolute Gasteiger partial charge is 0.461 e. The molecule has 0 atom stereocenters. The average molecular weight is 701 g/mol. The smallest absolute Gasteiger partial charge is 0.338 e. The number of amides is 1. The van der Waals surface area contributed by atoms with Crippen LogP contribution in [0.25, 0.3) is 0 Å². The fourth-order valence-electron chi connectivity index (χ4n) is 5.30. The number of thioether (sulfide) groups is 1. The van der Waals surface area contributed by atoms with Crippen LogP contribution in [0.2, 0.25) is 0 Å². The Morgan fingerprint density at radius 3 is 1.98 bits per heavy atom. The third-order valence-corrected chi connectivity index (χ3v) is 9.21. The summed E-state index contributed by atoms with van der Waals surface area (Å²) in [5, 5.41) is 0.135. The first kappa shape index (κ1) is 44.4. The van der Waals surface area contributed by atoms with E-state index in [4.69, 9.17) is 9.47 Å². The van der Waals surface area contributed by atoms with E-state index in [1.165, 1.54) is 63.1 Å². The topological polar surface area (TPSA) is 76.1 Å². The molecule has 0 aliphatic rings. The van der Waals surface area contributed by atoms with E-state index in [0.717, 1.165) is 82.2 Å². The Hall–Kier alpha value is -2.58. The Balaban J connectivity index is 2.40. The number of carbonyl (C=O) groups excluding carboxylic acids is 3. The lowest BCUT2D eigenvalue weighted by Crippen LogP contribution is -2.31. The van der Waals surface area contributed by atoms with Crippen LogP contribution in [0.1, 0.15) is 139 Å². The molecule has 0 bridgehead atoms. The standard InChI is InChI=1S/C41H68N2O5S/c1-5-7-9-11-13-18-22-33-47-39(44)29-20-16-15-17-21-30-43(41(46)49-35-32-42(3)4)31-25-27-37-26-24-28-38(36-37)40(45)48-34-23-19-14-12-10-8-6-2/h18-19,22-24,26,28,36H,5-17,20-21,25,27,29-35H2,1-4H3/b22-18-,23-19-. The number of benzene rings is 1. The summed E-state index contributed by atoms with van der Waals surface area (Å²) in [4.78, 5) is 41.8. The lowest BCUT2D eigenvalue weighted by molar-refractivity contribution is -0.142. The minimum Gasteiger partial charge on any atom is -0.461 e. The van der Waals surface area contributed by atoms with Crippen molar-refractivity contribution < 1.29 is 23.9 Å². The molecule has 0 aliphatic carbocycles. The van der Waals surface area contributed by atoms with E-state index in [9.17, 15) is 14.4 Å². The summed E-state index contributed by atoms with van der Waals surface area (Å²) in [7, 11) is 4.04. The predicted molar refractivity (Wildman–Crippen MR) is 207 cm³/mol. The fourth-order valence-corrected chi connectivity index (χ4v) is 6.30. The van der Waals surface area contributed by atoms with Gasteiger partial charge >= 0.3 is 11.9 Å². The quantitative estimate of drug-likeness (QED) is 0.0449. The Morgan fingerprint density at radius 2 is 1.31 bits per heavy atom. The minimum atomic E-state index is -0.302. The van der Waals surface area contributed by atoms with E-state index >= 15 is 0 Å². The molecule has 0 saturated carbocycles. The first-order chi connectivity index (χ1) is 23.9. The monoisotopic (exact) mass is 700 g/mol. The van der Waals surface area contributed by atoms with Crippen LogP contribution in [0.15, 0.2) is 48.6 Å². The third kappa shape index (κ3) is 26.0. The molecule has 49 heavy (non-hydrogen) atoms. The van der Waals surface area contributed by atoms with Crippen LogP contribution in [-0.2, 0) is 20.7 Å². The van der Waals surface area contributed by atoms with Crippen LogP contribution in [-0.4, -0.2) is 79.7 Å². The van der Waals surface area contributed by atoms with Crippen molar-refractivity contribution in [1.29, 1.82) is 0 Å². The second-order valence-corrected chi connectivity index (χ2v) is 14.2. The molecule has 0 fully saturated rings. The zero-order valence-corrected chi connectivity index (χ0v) is 32.2. The molecule has 0 aliphatic heterocycles. The Labute approximate surface area is 303 Å². The molecule has 0 heterocycles. The molecule has 1 aromatic carbocycles. The number of allylic oxidation sites excluding steroid dienone is 2. The molecule has 7 nitrogen and oxygen atoms in total. The zero-order chi connectivity index (χ0) is 35.8. The van der Waals surface area contributed by atoms with Crippen molar-refractivity contribution in [3.05, 3.63) is 59.7 Å². The van der Waals surface area contributed by atoms with Gasteiger partial charge in [0, 0.05) is 31.8 Å². The minimum absolute atomic E-state index is 0.120. The molecule has 1 aromatic rings. The first-order valence-corrected chi connectivity index (χ1v) is 20.1. The Morgan fingerprint density at radius 1 is 0.694 bits per heavy atom. The van der Waals surface area contributed by atoms with Crippen molar-refractivity contribution >= 4 is 28.9 Å². The van der Waals surface area contributed by atoms with Crippen LogP contribution in [0, 0.1) is 0 Å². The van der Waals surface area contributed by atoms with Gasteiger partial charge in [-0.05, 0) is 83.2 Å². The number of esters is 2. The highest BCUT2D eigenvalue weighted by molar-refractivity contribution is 8.13. The van der Waals surface area contributed by atoms with Crippen molar-refractivity contribution in [2.45, 2.75) is 129 Å². The van der Waals surface area contributed by atoms with Gasteiger partial charge in [-0.25, -0.2) is 4.79 Å². The molecule has 0 unspecified atom stereocenters. The number of rotatable bonds is 30. The number of carbonyl (C=O) groups is 3. The van der Waals surface area contributed by atoms with Gasteiger partial charge in [-0.15, -0.1) is 0 Å². The highest BCUT2D eigenvalue weighted by atomic mass is 32.2. The van der Waals surface area contributed by atoms with Gasteiger partial charge in [-0.2, -0.15) is 0 Å². The molecule has 0 spiro atoms. The van der Waals surface area contributed by atoms with E-state index in [1.807, 2.05) is 49.3 Å². The lowest BCUT2D eigenvalue weighted by Gasteiger charge is -2.23. The molecule has 0 saturated heterocycles.